The summed E-state index contributed by atoms with van der Waals surface area (Å²) in [5.74, 6) is -0.291. The maximum atomic E-state index is 12.4. The number of amides is 1. The second-order valence-corrected chi connectivity index (χ2v) is 5.05. The molecule has 0 fully saturated rings. The van der Waals surface area contributed by atoms with E-state index in [4.69, 9.17) is 11.6 Å². The Morgan fingerprint density at radius 3 is 2.57 bits per heavy atom. The normalized spacial score (nSPS) is 10.5. The van der Waals surface area contributed by atoms with Gasteiger partial charge in [-0.05, 0) is 29.0 Å². The van der Waals surface area contributed by atoms with Gasteiger partial charge in [0.25, 0.3) is 5.91 Å². The molecule has 1 amide bonds. The van der Waals surface area contributed by atoms with Crippen molar-refractivity contribution in [1.29, 1.82) is 0 Å². The fraction of sp³-hybridized carbons (Fsp3) is 0. The van der Waals surface area contributed by atoms with Crippen LogP contribution in [0, 0.1) is 0 Å². The molecule has 0 atom stereocenters. The maximum Gasteiger partial charge on any atom is 0.256 e. The molecule has 0 saturated heterocycles. The van der Waals surface area contributed by atoms with Gasteiger partial charge in [0.05, 0.1) is 5.02 Å². The van der Waals surface area contributed by atoms with Crippen molar-refractivity contribution < 1.29 is 9.90 Å². The Balaban J connectivity index is 1.95. The number of fused-ring (bicyclic) bond motifs is 1. The van der Waals surface area contributed by atoms with Crippen molar-refractivity contribution in [1.82, 2.24) is 0 Å². The number of anilines is 1. The van der Waals surface area contributed by atoms with E-state index in [9.17, 15) is 9.90 Å². The van der Waals surface area contributed by atoms with Crippen molar-refractivity contribution in [3.8, 4) is 5.75 Å². The highest BCUT2D eigenvalue weighted by Gasteiger charge is 2.10. The van der Waals surface area contributed by atoms with Gasteiger partial charge in [0.2, 0.25) is 0 Å². The average Bonchev–Trinajstić information content (AvgIpc) is 2.50. The average molecular weight is 298 g/mol. The first-order valence-corrected chi connectivity index (χ1v) is 6.80. The molecule has 4 heteroatoms. The molecule has 0 aliphatic rings. The number of nitrogens with one attached hydrogen (secondary N) is 1. The molecular formula is C17H12ClNO2. The van der Waals surface area contributed by atoms with E-state index in [-0.39, 0.29) is 16.7 Å². The van der Waals surface area contributed by atoms with Crippen LogP contribution in [0.25, 0.3) is 10.8 Å². The van der Waals surface area contributed by atoms with Crippen molar-refractivity contribution >= 4 is 34.0 Å². The first kappa shape index (κ1) is 13.5. The van der Waals surface area contributed by atoms with Gasteiger partial charge in [0, 0.05) is 17.3 Å². The van der Waals surface area contributed by atoms with E-state index in [1.54, 1.807) is 12.1 Å². The van der Waals surface area contributed by atoms with Gasteiger partial charge in [-0.25, -0.2) is 0 Å². The summed E-state index contributed by atoms with van der Waals surface area (Å²) in [6, 6.07) is 17.9. The SMILES string of the molecule is O=C(Nc1ccc(Cl)c(O)c1)c1cccc2ccccc12. The third-order valence-electron chi connectivity index (χ3n) is 3.24. The summed E-state index contributed by atoms with van der Waals surface area (Å²) >= 11 is 5.75. The molecule has 0 aromatic heterocycles. The number of benzene rings is 3. The van der Waals surface area contributed by atoms with Gasteiger partial charge < -0.3 is 10.4 Å². The Morgan fingerprint density at radius 1 is 1.00 bits per heavy atom. The monoisotopic (exact) mass is 297 g/mol. The number of hydrogen-bond donors (Lipinski definition) is 2. The van der Waals surface area contributed by atoms with E-state index in [0.29, 0.717) is 11.3 Å². The Hall–Kier alpha value is -2.52. The van der Waals surface area contributed by atoms with E-state index in [1.807, 2.05) is 36.4 Å². The minimum absolute atomic E-state index is 0.0626. The van der Waals surface area contributed by atoms with E-state index in [1.165, 1.54) is 12.1 Å². The fourth-order valence-electron chi connectivity index (χ4n) is 2.21. The number of aromatic hydroxyl groups is 1. The Labute approximate surface area is 126 Å². The number of halogens is 1. The summed E-state index contributed by atoms with van der Waals surface area (Å²) < 4.78 is 0. The molecule has 3 aromatic rings. The number of phenols is 1. The van der Waals surface area contributed by atoms with E-state index >= 15 is 0 Å². The number of phenolic OH excluding ortho intramolecular Hbond substituents is 1. The molecule has 0 aliphatic heterocycles. The standard InChI is InChI=1S/C17H12ClNO2/c18-15-9-8-12(10-16(15)20)19-17(21)14-7-3-5-11-4-1-2-6-13(11)14/h1-10,20H,(H,19,21). The highest BCUT2D eigenvalue weighted by Crippen LogP contribution is 2.27. The van der Waals surface area contributed by atoms with Gasteiger partial charge in [0.1, 0.15) is 5.75 Å². The molecule has 0 aliphatic carbocycles. The molecule has 0 saturated carbocycles. The first-order chi connectivity index (χ1) is 10.1. The Kier molecular flexibility index (Phi) is 3.50. The van der Waals surface area contributed by atoms with Gasteiger partial charge in [0.15, 0.2) is 0 Å². The van der Waals surface area contributed by atoms with Crippen LogP contribution in [0.3, 0.4) is 0 Å². The van der Waals surface area contributed by atoms with Crippen LogP contribution in [0.1, 0.15) is 10.4 Å². The summed E-state index contributed by atoms with van der Waals surface area (Å²) in [5, 5.41) is 14.5. The second kappa shape index (κ2) is 5.46. The van der Waals surface area contributed by atoms with Crippen LogP contribution in [-0.4, -0.2) is 11.0 Å². The van der Waals surface area contributed by atoms with Crippen LogP contribution in [0.2, 0.25) is 5.02 Å². The molecule has 3 rings (SSSR count). The second-order valence-electron chi connectivity index (χ2n) is 4.65. The highest BCUT2D eigenvalue weighted by atomic mass is 35.5. The van der Waals surface area contributed by atoms with Gasteiger partial charge in [-0.1, -0.05) is 48.0 Å². The van der Waals surface area contributed by atoms with Crippen molar-refractivity contribution in [2.75, 3.05) is 5.32 Å². The summed E-state index contributed by atoms with van der Waals surface area (Å²) in [6.07, 6.45) is 0. The molecule has 0 radical (unpaired) electrons. The lowest BCUT2D eigenvalue weighted by Crippen LogP contribution is -2.12. The topological polar surface area (TPSA) is 49.3 Å². The number of hydrogen-bond acceptors (Lipinski definition) is 2. The van der Waals surface area contributed by atoms with Crippen LogP contribution in [0.4, 0.5) is 5.69 Å². The number of rotatable bonds is 2. The fourth-order valence-corrected chi connectivity index (χ4v) is 2.33. The lowest BCUT2D eigenvalue weighted by atomic mass is 10.0. The first-order valence-electron chi connectivity index (χ1n) is 6.43. The maximum absolute atomic E-state index is 12.4. The molecule has 2 N–H and O–H groups in total. The third kappa shape index (κ3) is 2.69. The Bertz CT molecular complexity index is 825. The quantitative estimate of drug-likeness (QED) is 0.734. The van der Waals surface area contributed by atoms with Crippen molar-refractivity contribution in [3.05, 3.63) is 71.2 Å². The smallest absolute Gasteiger partial charge is 0.256 e. The zero-order valence-electron chi connectivity index (χ0n) is 11.0. The summed E-state index contributed by atoms with van der Waals surface area (Å²) in [5.41, 5.74) is 1.08. The van der Waals surface area contributed by atoms with Gasteiger partial charge >= 0.3 is 0 Å². The van der Waals surface area contributed by atoms with Gasteiger partial charge in [-0.15, -0.1) is 0 Å². The molecule has 21 heavy (non-hydrogen) atoms. The molecule has 0 bridgehead atoms. The van der Waals surface area contributed by atoms with E-state index in [0.717, 1.165) is 10.8 Å². The molecule has 0 unspecified atom stereocenters. The molecule has 3 aromatic carbocycles. The molecular weight excluding hydrogens is 286 g/mol. The minimum Gasteiger partial charge on any atom is -0.506 e. The zero-order valence-corrected chi connectivity index (χ0v) is 11.8. The number of carbonyl (C=O) groups is 1. The largest absolute Gasteiger partial charge is 0.506 e. The predicted octanol–water partition coefficient (Wildman–Crippen LogP) is 4.45. The van der Waals surface area contributed by atoms with Gasteiger partial charge in [-0.3, -0.25) is 4.79 Å². The molecule has 0 heterocycles. The van der Waals surface area contributed by atoms with Crippen molar-refractivity contribution in [2.24, 2.45) is 0 Å². The molecule has 0 spiro atoms. The van der Waals surface area contributed by atoms with E-state index < -0.39 is 0 Å². The minimum atomic E-state index is -0.228. The third-order valence-corrected chi connectivity index (χ3v) is 3.56. The summed E-state index contributed by atoms with van der Waals surface area (Å²) in [7, 11) is 0. The van der Waals surface area contributed by atoms with Crippen LogP contribution in [0.15, 0.2) is 60.7 Å². The van der Waals surface area contributed by atoms with Crippen LogP contribution < -0.4 is 5.32 Å². The van der Waals surface area contributed by atoms with Crippen LogP contribution >= 0.6 is 11.6 Å². The molecule has 104 valence electrons. The summed E-state index contributed by atoms with van der Waals surface area (Å²) in [4.78, 5) is 12.4. The van der Waals surface area contributed by atoms with Crippen molar-refractivity contribution in [2.45, 2.75) is 0 Å². The lowest BCUT2D eigenvalue weighted by Gasteiger charge is -2.09. The van der Waals surface area contributed by atoms with Crippen LogP contribution in [0.5, 0.6) is 5.75 Å². The van der Waals surface area contributed by atoms with E-state index in [2.05, 4.69) is 5.32 Å². The predicted molar refractivity (Wildman–Crippen MR) is 85.0 cm³/mol. The number of carbonyl (C=O) groups excluding carboxylic acids is 1. The lowest BCUT2D eigenvalue weighted by molar-refractivity contribution is 0.102. The van der Waals surface area contributed by atoms with Crippen LogP contribution in [-0.2, 0) is 0 Å². The zero-order chi connectivity index (χ0) is 14.8. The highest BCUT2D eigenvalue weighted by molar-refractivity contribution is 6.32. The van der Waals surface area contributed by atoms with Crippen molar-refractivity contribution in [3.63, 3.8) is 0 Å². The molecule has 3 nitrogen and oxygen atoms in total. The Morgan fingerprint density at radius 2 is 1.76 bits per heavy atom. The van der Waals surface area contributed by atoms with Gasteiger partial charge in [-0.2, -0.15) is 0 Å². The summed E-state index contributed by atoms with van der Waals surface area (Å²) in [6.45, 7) is 0.